The van der Waals surface area contributed by atoms with Crippen molar-refractivity contribution in [2.24, 2.45) is 0 Å². The van der Waals surface area contributed by atoms with Crippen LogP contribution < -0.4 is 4.74 Å². The molecule has 0 N–H and O–H groups in total. The van der Waals surface area contributed by atoms with Crippen LogP contribution in [-0.4, -0.2) is 14.5 Å². The minimum Gasteiger partial charge on any atom is -0.439 e. The molecule has 0 aliphatic rings. The van der Waals surface area contributed by atoms with Crippen molar-refractivity contribution in [1.82, 2.24) is 14.5 Å². The summed E-state index contributed by atoms with van der Waals surface area (Å²) >= 11 is 0. The number of hydrogen-bond donors (Lipinski definition) is 0. The zero-order valence-electron chi connectivity index (χ0n) is 18.1. The molecule has 0 amide bonds. The highest BCUT2D eigenvalue weighted by atomic mass is 19.1. The minimum atomic E-state index is -0.462. The third kappa shape index (κ3) is 3.87. The Morgan fingerprint density at radius 3 is 2.31 bits per heavy atom. The molecule has 7 heteroatoms. The highest BCUT2D eigenvalue weighted by molar-refractivity contribution is 6.10. The van der Waals surface area contributed by atoms with Crippen LogP contribution in [0.1, 0.15) is 0 Å². The summed E-state index contributed by atoms with van der Waals surface area (Å²) in [4.78, 5) is 8.35. The molecule has 170 valence electrons. The summed E-state index contributed by atoms with van der Waals surface area (Å²) in [7, 11) is 0. The van der Waals surface area contributed by atoms with Crippen LogP contribution in [0.2, 0.25) is 0 Å². The van der Waals surface area contributed by atoms with E-state index in [0.29, 0.717) is 28.4 Å². The highest BCUT2D eigenvalue weighted by Gasteiger charge is 2.16. The molecule has 3 heterocycles. The maximum atomic E-state index is 14.5. The second kappa shape index (κ2) is 8.29. The van der Waals surface area contributed by atoms with Gasteiger partial charge >= 0.3 is 0 Å². The SMILES string of the molecule is Fc1ccc(-n2c3ccc(F)cc3c3ccc(-c4cc(F)cc(Oc5ccccn5)c4)cc32)nc1. The largest absolute Gasteiger partial charge is 0.439 e. The lowest BCUT2D eigenvalue weighted by atomic mass is 10.0. The summed E-state index contributed by atoms with van der Waals surface area (Å²) < 4.78 is 49.8. The number of hydrogen-bond acceptors (Lipinski definition) is 3. The average Bonchev–Trinajstić information content (AvgIpc) is 3.17. The van der Waals surface area contributed by atoms with Gasteiger partial charge < -0.3 is 4.74 Å². The maximum Gasteiger partial charge on any atom is 0.219 e. The van der Waals surface area contributed by atoms with Gasteiger partial charge in [0.25, 0.3) is 0 Å². The fourth-order valence-corrected chi connectivity index (χ4v) is 4.24. The first-order valence-electron chi connectivity index (χ1n) is 10.8. The summed E-state index contributed by atoms with van der Waals surface area (Å²) in [5.41, 5.74) is 2.75. The number of nitrogens with zero attached hydrogens (tertiary/aromatic N) is 3. The number of aromatic nitrogens is 3. The van der Waals surface area contributed by atoms with E-state index >= 15 is 0 Å². The molecule has 0 aliphatic heterocycles. The van der Waals surface area contributed by atoms with Gasteiger partial charge in [-0.15, -0.1) is 0 Å². The molecule has 0 unspecified atom stereocenters. The Hall–Kier alpha value is -4.65. The van der Waals surface area contributed by atoms with Gasteiger partial charge in [-0.2, -0.15) is 0 Å². The van der Waals surface area contributed by atoms with Crippen molar-refractivity contribution in [2.75, 3.05) is 0 Å². The Bertz CT molecular complexity index is 1700. The van der Waals surface area contributed by atoms with Crippen molar-refractivity contribution in [3.8, 4) is 28.6 Å². The van der Waals surface area contributed by atoms with Crippen LogP contribution in [0.3, 0.4) is 0 Å². The van der Waals surface area contributed by atoms with E-state index in [1.165, 1.54) is 30.3 Å². The number of halogens is 3. The van der Waals surface area contributed by atoms with E-state index in [2.05, 4.69) is 9.97 Å². The molecular formula is C28H16F3N3O. The van der Waals surface area contributed by atoms with Crippen molar-refractivity contribution in [3.05, 3.63) is 115 Å². The van der Waals surface area contributed by atoms with Crippen molar-refractivity contribution in [1.29, 1.82) is 0 Å². The lowest BCUT2D eigenvalue weighted by Gasteiger charge is -2.10. The van der Waals surface area contributed by atoms with E-state index in [1.54, 1.807) is 42.6 Å². The van der Waals surface area contributed by atoms with Crippen molar-refractivity contribution < 1.29 is 17.9 Å². The van der Waals surface area contributed by atoms with Gasteiger partial charge in [-0.1, -0.05) is 18.2 Å². The minimum absolute atomic E-state index is 0.307. The Labute approximate surface area is 197 Å². The predicted molar refractivity (Wildman–Crippen MR) is 128 cm³/mol. The molecule has 6 aromatic rings. The third-order valence-electron chi connectivity index (χ3n) is 5.73. The van der Waals surface area contributed by atoms with Gasteiger partial charge in [0, 0.05) is 29.1 Å². The summed E-state index contributed by atoms with van der Waals surface area (Å²) in [5.74, 6) is -0.147. The Morgan fingerprint density at radius 2 is 1.51 bits per heavy atom. The first-order chi connectivity index (χ1) is 17.0. The van der Waals surface area contributed by atoms with Crippen LogP contribution in [0.15, 0.2) is 97.3 Å². The molecule has 0 aliphatic carbocycles. The fraction of sp³-hybridized carbons (Fsp3) is 0. The molecule has 0 saturated carbocycles. The van der Waals surface area contributed by atoms with Gasteiger partial charge in [0.15, 0.2) is 0 Å². The van der Waals surface area contributed by atoms with Crippen LogP contribution in [0.4, 0.5) is 13.2 Å². The smallest absolute Gasteiger partial charge is 0.219 e. The number of rotatable bonds is 4. The molecule has 3 aromatic carbocycles. The Morgan fingerprint density at radius 1 is 0.629 bits per heavy atom. The Balaban J connectivity index is 1.54. The van der Waals surface area contributed by atoms with Gasteiger partial charge in [0.1, 0.15) is 29.0 Å². The van der Waals surface area contributed by atoms with Crippen LogP contribution in [0.5, 0.6) is 11.6 Å². The zero-order valence-corrected chi connectivity index (χ0v) is 18.1. The third-order valence-corrected chi connectivity index (χ3v) is 5.73. The quantitative estimate of drug-likeness (QED) is 0.270. The second-order valence-corrected chi connectivity index (χ2v) is 8.01. The zero-order chi connectivity index (χ0) is 23.9. The molecule has 0 bridgehead atoms. The van der Waals surface area contributed by atoms with E-state index in [4.69, 9.17) is 4.74 Å². The van der Waals surface area contributed by atoms with E-state index in [9.17, 15) is 13.2 Å². The molecule has 3 aromatic heterocycles. The molecule has 0 spiro atoms. The number of pyridine rings is 2. The van der Waals surface area contributed by atoms with Crippen LogP contribution >= 0.6 is 0 Å². The normalized spacial score (nSPS) is 11.3. The predicted octanol–water partition coefficient (Wildman–Crippen LogP) is 7.45. The molecule has 0 fully saturated rings. The number of fused-ring (bicyclic) bond motifs is 3. The van der Waals surface area contributed by atoms with Crippen LogP contribution in [0, 0.1) is 17.5 Å². The molecule has 35 heavy (non-hydrogen) atoms. The Kier molecular flexibility index (Phi) is 4.95. The molecular weight excluding hydrogens is 451 g/mol. The van der Waals surface area contributed by atoms with Crippen LogP contribution in [0.25, 0.3) is 38.8 Å². The first-order valence-corrected chi connectivity index (χ1v) is 10.8. The standard InChI is InChI=1S/C28H16F3N3O/c29-19-5-8-25-24(15-19)23-7-4-17(13-26(23)34(25)27-9-6-20(30)16-33-27)18-11-21(31)14-22(12-18)35-28-3-1-2-10-32-28/h1-16H. The van der Waals surface area contributed by atoms with Gasteiger partial charge in [-0.05, 0) is 65.7 Å². The van der Waals surface area contributed by atoms with Gasteiger partial charge in [0.05, 0.1) is 17.2 Å². The van der Waals surface area contributed by atoms with E-state index in [-0.39, 0.29) is 5.82 Å². The summed E-state index contributed by atoms with van der Waals surface area (Å²) in [6.07, 6.45) is 2.72. The lowest BCUT2D eigenvalue weighted by Crippen LogP contribution is -1.97. The highest BCUT2D eigenvalue weighted by Crippen LogP contribution is 2.36. The summed E-state index contributed by atoms with van der Waals surface area (Å²) in [6, 6.07) is 22.6. The fourth-order valence-electron chi connectivity index (χ4n) is 4.24. The summed E-state index contributed by atoms with van der Waals surface area (Å²) in [6.45, 7) is 0. The van der Waals surface area contributed by atoms with Crippen molar-refractivity contribution in [3.63, 3.8) is 0 Å². The molecule has 0 atom stereocenters. The second-order valence-electron chi connectivity index (χ2n) is 8.01. The van der Waals surface area contributed by atoms with Gasteiger partial charge in [0.2, 0.25) is 5.88 Å². The molecule has 0 saturated heterocycles. The van der Waals surface area contributed by atoms with E-state index in [1.807, 2.05) is 22.8 Å². The van der Waals surface area contributed by atoms with E-state index in [0.717, 1.165) is 28.2 Å². The molecule has 0 radical (unpaired) electrons. The maximum absolute atomic E-state index is 14.5. The van der Waals surface area contributed by atoms with Gasteiger partial charge in [-0.25, -0.2) is 23.1 Å². The lowest BCUT2D eigenvalue weighted by molar-refractivity contribution is 0.458. The van der Waals surface area contributed by atoms with Crippen LogP contribution in [-0.2, 0) is 0 Å². The number of benzene rings is 3. The first kappa shape index (κ1) is 20.9. The molecule has 4 nitrogen and oxygen atoms in total. The summed E-state index contributed by atoms with van der Waals surface area (Å²) in [5, 5.41) is 1.48. The molecule has 6 rings (SSSR count). The average molecular weight is 467 g/mol. The van der Waals surface area contributed by atoms with E-state index < -0.39 is 11.6 Å². The topological polar surface area (TPSA) is 39.9 Å². The monoisotopic (exact) mass is 467 g/mol. The van der Waals surface area contributed by atoms with Crippen molar-refractivity contribution in [2.45, 2.75) is 0 Å². The van der Waals surface area contributed by atoms with Gasteiger partial charge in [-0.3, -0.25) is 4.57 Å². The van der Waals surface area contributed by atoms with Crippen molar-refractivity contribution >= 4 is 21.8 Å². The number of ether oxygens (including phenoxy) is 1.